The van der Waals surface area contributed by atoms with Crippen molar-refractivity contribution >= 4 is 5.97 Å². The third kappa shape index (κ3) is 1.88. The summed E-state index contributed by atoms with van der Waals surface area (Å²) in [5, 5.41) is 30.5. The number of aliphatic hydroxyl groups is 2. The second-order valence-corrected chi connectivity index (χ2v) is 3.50. The zero-order chi connectivity index (χ0) is 10.9. The first-order chi connectivity index (χ1) is 6.40. The molecular formula is C8H15NO5. The Morgan fingerprint density at radius 1 is 1.64 bits per heavy atom. The number of ether oxygens (including phenoxy) is 1. The molecule has 1 rings (SSSR count). The summed E-state index contributed by atoms with van der Waals surface area (Å²) in [5.74, 6) is -3.75. The minimum Gasteiger partial charge on any atom is -0.477 e. The smallest absolute Gasteiger partial charge is 0.364 e. The van der Waals surface area contributed by atoms with Crippen molar-refractivity contribution in [3.05, 3.63) is 0 Å². The molecule has 0 saturated carbocycles. The van der Waals surface area contributed by atoms with Crippen molar-refractivity contribution in [2.45, 2.75) is 37.4 Å². The Bertz CT molecular complexity index is 220. The van der Waals surface area contributed by atoms with Gasteiger partial charge in [0.1, 0.15) is 0 Å². The fourth-order valence-electron chi connectivity index (χ4n) is 1.72. The molecule has 0 spiro atoms. The van der Waals surface area contributed by atoms with Crippen LogP contribution in [0.1, 0.15) is 13.3 Å². The number of carboxylic acids is 1. The molecule has 1 fully saturated rings. The molecule has 0 aromatic heterocycles. The minimum atomic E-state index is -2.27. The number of hydrogen-bond acceptors (Lipinski definition) is 5. The van der Waals surface area contributed by atoms with Crippen molar-refractivity contribution in [1.82, 2.24) is 5.32 Å². The molecule has 1 aliphatic rings. The highest BCUT2D eigenvalue weighted by Gasteiger charge is 2.48. The fraction of sp³-hybridized carbons (Fsp3) is 0.875. The highest BCUT2D eigenvalue weighted by Crippen LogP contribution is 2.27. The lowest BCUT2D eigenvalue weighted by Crippen LogP contribution is -2.60. The Kier molecular flexibility index (Phi) is 3.10. The number of aliphatic hydroxyl groups excluding tert-OH is 1. The van der Waals surface area contributed by atoms with Crippen molar-refractivity contribution in [2.24, 2.45) is 0 Å². The summed E-state index contributed by atoms with van der Waals surface area (Å²) < 4.78 is 4.94. The summed E-state index contributed by atoms with van der Waals surface area (Å²) in [5.41, 5.74) is 0. The van der Waals surface area contributed by atoms with Gasteiger partial charge in [-0.25, -0.2) is 4.79 Å². The van der Waals surface area contributed by atoms with E-state index in [2.05, 4.69) is 5.32 Å². The first kappa shape index (κ1) is 11.4. The van der Waals surface area contributed by atoms with Crippen LogP contribution in [0.15, 0.2) is 0 Å². The summed E-state index contributed by atoms with van der Waals surface area (Å²) in [6.07, 6.45) is -1.84. The number of aliphatic carboxylic acids is 1. The number of nitrogens with one attached hydrogen (secondary N) is 1. The monoisotopic (exact) mass is 205 g/mol. The highest BCUT2D eigenvalue weighted by atomic mass is 16.7. The van der Waals surface area contributed by atoms with E-state index in [1.54, 1.807) is 14.0 Å². The fourth-order valence-corrected chi connectivity index (χ4v) is 1.72. The van der Waals surface area contributed by atoms with E-state index in [1.807, 2.05) is 0 Å². The topological polar surface area (TPSA) is 99.0 Å². The molecule has 0 amide bonds. The molecule has 4 unspecified atom stereocenters. The Morgan fingerprint density at radius 2 is 2.21 bits per heavy atom. The molecule has 0 bridgehead atoms. The van der Waals surface area contributed by atoms with E-state index in [1.165, 1.54) is 0 Å². The zero-order valence-electron chi connectivity index (χ0n) is 8.10. The SMILES string of the molecule is CNC1C(O)CC(O)(C(=O)O)OC1C. The zero-order valence-corrected chi connectivity index (χ0v) is 8.10. The van der Waals surface area contributed by atoms with Crippen molar-refractivity contribution in [3.63, 3.8) is 0 Å². The van der Waals surface area contributed by atoms with E-state index in [0.717, 1.165) is 0 Å². The molecule has 4 N–H and O–H groups in total. The Hall–Kier alpha value is -0.690. The van der Waals surface area contributed by atoms with Gasteiger partial charge in [-0.1, -0.05) is 0 Å². The lowest BCUT2D eigenvalue weighted by Gasteiger charge is -2.40. The summed E-state index contributed by atoms with van der Waals surface area (Å²) >= 11 is 0. The van der Waals surface area contributed by atoms with Crippen molar-refractivity contribution < 1.29 is 24.9 Å². The van der Waals surface area contributed by atoms with Gasteiger partial charge >= 0.3 is 5.97 Å². The first-order valence-electron chi connectivity index (χ1n) is 4.39. The van der Waals surface area contributed by atoms with Crippen LogP contribution in [-0.4, -0.2) is 52.4 Å². The average molecular weight is 205 g/mol. The normalized spacial score (nSPS) is 43.6. The van der Waals surface area contributed by atoms with Gasteiger partial charge in [0, 0.05) is 6.42 Å². The van der Waals surface area contributed by atoms with Gasteiger partial charge in [-0.15, -0.1) is 0 Å². The lowest BCUT2D eigenvalue weighted by atomic mass is 9.94. The van der Waals surface area contributed by atoms with E-state index >= 15 is 0 Å². The van der Waals surface area contributed by atoms with Crippen LogP contribution in [0.5, 0.6) is 0 Å². The van der Waals surface area contributed by atoms with Gasteiger partial charge in [0.15, 0.2) is 0 Å². The highest BCUT2D eigenvalue weighted by molar-refractivity contribution is 5.75. The van der Waals surface area contributed by atoms with E-state index in [9.17, 15) is 15.0 Å². The molecule has 6 heteroatoms. The molecular weight excluding hydrogens is 190 g/mol. The second kappa shape index (κ2) is 3.82. The van der Waals surface area contributed by atoms with Gasteiger partial charge in [0.25, 0.3) is 5.79 Å². The summed E-state index contributed by atoms with van der Waals surface area (Å²) in [4.78, 5) is 10.7. The molecule has 1 aliphatic heterocycles. The van der Waals surface area contributed by atoms with Crippen molar-refractivity contribution in [2.75, 3.05) is 7.05 Å². The second-order valence-electron chi connectivity index (χ2n) is 3.50. The third-order valence-electron chi connectivity index (χ3n) is 2.45. The molecule has 1 heterocycles. The Balaban J connectivity index is 2.79. The standard InChI is InChI=1S/C8H15NO5/c1-4-6(9-2)5(10)3-8(13,14-4)7(11)12/h4-6,9-10,13H,3H2,1-2H3,(H,11,12). The number of hydrogen-bond donors (Lipinski definition) is 4. The number of likely N-dealkylation sites (N-methyl/N-ethyl adjacent to an activating group) is 1. The van der Waals surface area contributed by atoms with E-state index in [0.29, 0.717) is 0 Å². The predicted octanol–water partition coefficient (Wildman–Crippen LogP) is -1.48. The maximum absolute atomic E-state index is 10.7. The molecule has 0 aromatic rings. The molecule has 0 aliphatic carbocycles. The van der Waals surface area contributed by atoms with Gasteiger partial charge in [-0.2, -0.15) is 0 Å². The lowest BCUT2D eigenvalue weighted by molar-refractivity contribution is -0.273. The third-order valence-corrected chi connectivity index (χ3v) is 2.45. The van der Waals surface area contributed by atoms with Crippen LogP contribution in [0.3, 0.4) is 0 Å². The molecule has 0 radical (unpaired) electrons. The summed E-state index contributed by atoms with van der Waals surface area (Å²) in [6.45, 7) is 1.59. The summed E-state index contributed by atoms with van der Waals surface area (Å²) in [7, 11) is 1.64. The molecule has 6 nitrogen and oxygen atoms in total. The quantitative estimate of drug-likeness (QED) is 0.438. The van der Waals surface area contributed by atoms with Crippen LogP contribution < -0.4 is 5.32 Å². The van der Waals surface area contributed by atoms with Crippen molar-refractivity contribution in [3.8, 4) is 0 Å². The van der Waals surface area contributed by atoms with Gasteiger partial charge in [-0.05, 0) is 14.0 Å². The largest absolute Gasteiger partial charge is 0.477 e. The van der Waals surface area contributed by atoms with Gasteiger partial charge in [-0.3, -0.25) is 0 Å². The van der Waals surface area contributed by atoms with Crippen LogP contribution in [0.2, 0.25) is 0 Å². The maximum Gasteiger partial charge on any atom is 0.364 e. The van der Waals surface area contributed by atoms with E-state index in [4.69, 9.17) is 9.84 Å². The van der Waals surface area contributed by atoms with Gasteiger partial charge in [0.05, 0.1) is 18.2 Å². The maximum atomic E-state index is 10.7. The summed E-state index contributed by atoms with van der Waals surface area (Å²) in [6, 6.07) is -0.366. The number of carbonyl (C=O) groups is 1. The van der Waals surface area contributed by atoms with Gasteiger partial charge in [0.2, 0.25) is 0 Å². The molecule has 4 atom stereocenters. The van der Waals surface area contributed by atoms with Crippen LogP contribution in [0, 0.1) is 0 Å². The Morgan fingerprint density at radius 3 is 2.57 bits per heavy atom. The van der Waals surface area contributed by atoms with Crippen LogP contribution >= 0.6 is 0 Å². The van der Waals surface area contributed by atoms with Crippen LogP contribution in [0.25, 0.3) is 0 Å². The van der Waals surface area contributed by atoms with Gasteiger partial charge < -0.3 is 25.4 Å². The number of rotatable bonds is 2. The van der Waals surface area contributed by atoms with Crippen LogP contribution in [-0.2, 0) is 9.53 Å². The minimum absolute atomic E-state index is 0.335. The van der Waals surface area contributed by atoms with Crippen LogP contribution in [0.4, 0.5) is 0 Å². The molecule has 82 valence electrons. The average Bonchev–Trinajstić information content (AvgIpc) is 2.02. The Labute approximate surface area is 81.5 Å². The van der Waals surface area contributed by atoms with E-state index in [-0.39, 0.29) is 12.5 Å². The number of carboxylic acid groups (broad SMARTS) is 1. The molecule has 1 saturated heterocycles. The molecule has 14 heavy (non-hydrogen) atoms. The predicted molar refractivity (Wildman–Crippen MR) is 46.6 cm³/mol. The first-order valence-corrected chi connectivity index (χ1v) is 4.39. The van der Waals surface area contributed by atoms with Crippen molar-refractivity contribution in [1.29, 1.82) is 0 Å². The molecule has 0 aromatic carbocycles. The van der Waals surface area contributed by atoms with E-state index < -0.39 is 24.0 Å².